The van der Waals surface area contributed by atoms with Gasteiger partial charge >= 0.3 is 0 Å². The SMILES string of the molecule is CC(C)(C)NC(=O)CN1C[C@@H]2C[C@H]1CN2CC(=O)Nc1ccn(Cc2ccc(C#N)cn2)n1. The number of piperazine rings is 1. The Balaban J connectivity index is 1.23. The van der Waals surface area contributed by atoms with Crippen LogP contribution < -0.4 is 10.6 Å². The molecule has 2 aliphatic heterocycles. The lowest BCUT2D eigenvalue weighted by Gasteiger charge is -2.34. The fourth-order valence-corrected chi connectivity index (χ4v) is 4.49. The summed E-state index contributed by atoms with van der Waals surface area (Å²) >= 11 is 0. The van der Waals surface area contributed by atoms with E-state index >= 15 is 0 Å². The number of rotatable bonds is 7. The highest BCUT2D eigenvalue weighted by atomic mass is 16.2. The van der Waals surface area contributed by atoms with Crippen LogP contribution in [0.1, 0.15) is 38.4 Å². The number of aromatic nitrogens is 3. The van der Waals surface area contributed by atoms with Gasteiger partial charge in [0.05, 0.1) is 30.9 Å². The number of amides is 2. The van der Waals surface area contributed by atoms with Crippen molar-refractivity contribution in [3.8, 4) is 6.07 Å². The summed E-state index contributed by atoms with van der Waals surface area (Å²) in [6.45, 7) is 8.71. The lowest BCUT2D eigenvalue weighted by atomic mass is 10.1. The maximum absolute atomic E-state index is 12.6. The number of pyridine rings is 1. The highest BCUT2D eigenvalue weighted by Crippen LogP contribution is 2.30. The topological polar surface area (TPSA) is 119 Å². The minimum absolute atomic E-state index is 0.0473. The number of nitrogens with zero attached hydrogens (tertiary/aromatic N) is 6. The average Bonchev–Trinajstić information content (AvgIpc) is 3.43. The van der Waals surface area contributed by atoms with E-state index in [1.54, 1.807) is 29.1 Å². The van der Waals surface area contributed by atoms with Crippen LogP contribution in [0.4, 0.5) is 5.82 Å². The Morgan fingerprint density at radius 3 is 2.39 bits per heavy atom. The van der Waals surface area contributed by atoms with E-state index < -0.39 is 0 Å². The summed E-state index contributed by atoms with van der Waals surface area (Å²) < 4.78 is 1.70. The van der Waals surface area contributed by atoms with Crippen LogP contribution in [0.2, 0.25) is 0 Å². The molecule has 10 nitrogen and oxygen atoms in total. The van der Waals surface area contributed by atoms with Crippen molar-refractivity contribution >= 4 is 17.6 Å². The normalized spacial score (nSPS) is 20.5. The van der Waals surface area contributed by atoms with E-state index in [4.69, 9.17) is 5.26 Å². The number of likely N-dealkylation sites (tertiary alicyclic amines) is 2. The molecule has 4 heterocycles. The monoisotopic (exact) mass is 450 g/mol. The van der Waals surface area contributed by atoms with E-state index in [0.717, 1.165) is 25.2 Å². The van der Waals surface area contributed by atoms with Gasteiger partial charge in [-0.1, -0.05) is 0 Å². The standard InChI is InChI=1S/C23H30N8O2/c1-23(2,3)27-22(33)15-30-13-18-8-19(30)12-29(18)14-21(32)26-20-6-7-31(28-20)11-17-5-4-16(9-24)10-25-17/h4-7,10,18-19H,8,11-15H2,1-3H3,(H,27,33)(H,26,28,32)/t18-,19-/m0/s1. The molecule has 0 saturated carbocycles. The van der Waals surface area contributed by atoms with Crippen LogP contribution in [-0.2, 0) is 16.1 Å². The highest BCUT2D eigenvalue weighted by Gasteiger charge is 2.44. The minimum Gasteiger partial charge on any atom is -0.350 e. The summed E-state index contributed by atoms with van der Waals surface area (Å²) in [5, 5.41) is 19.1. The third-order valence-corrected chi connectivity index (χ3v) is 5.86. The summed E-state index contributed by atoms with van der Waals surface area (Å²) in [5.74, 6) is 0.450. The van der Waals surface area contributed by atoms with Crippen molar-refractivity contribution in [1.82, 2.24) is 29.9 Å². The number of nitriles is 1. The molecule has 2 aromatic rings. The van der Waals surface area contributed by atoms with Crippen molar-refractivity contribution < 1.29 is 9.59 Å². The van der Waals surface area contributed by atoms with Gasteiger partial charge in [0, 0.05) is 49.2 Å². The molecule has 0 spiro atoms. The quantitative estimate of drug-likeness (QED) is 0.641. The Kier molecular flexibility index (Phi) is 6.44. The van der Waals surface area contributed by atoms with E-state index in [2.05, 4.69) is 30.5 Å². The summed E-state index contributed by atoms with van der Waals surface area (Å²) in [7, 11) is 0. The molecule has 0 radical (unpaired) electrons. The van der Waals surface area contributed by atoms with Crippen molar-refractivity contribution in [1.29, 1.82) is 5.26 Å². The first kappa shape index (κ1) is 22.9. The van der Waals surface area contributed by atoms with Crippen LogP contribution in [0.15, 0.2) is 30.6 Å². The molecule has 2 aromatic heterocycles. The van der Waals surface area contributed by atoms with Gasteiger partial charge in [-0.25, -0.2) is 0 Å². The molecule has 0 unspecified atom stereocenters. The maximum atomic E-state index is 12.6. The van der Waals surface area contributed by atoms with Crippen LogP contribution in [0.5, 0.6) is 0 Å². The predicted molar refractivity (Wildman–Crippen MR) is 122 cm³/mol. The van der Waals surface area contributed by atoms with Gasteiger partial charge in [0.15, 0.2) is 5.82 Å². The fraction of sp³-hybridized carbons (Fsp3) is 0.522. The minimum atomic E-state index is -0.231. The van der Waals surface area contributed by atoms with Gasteiger partial charge in [-0.05, 0) is 39.3 Å². The highest BCUT2D eigenvalue weighted by molar-refractivity contribution is 5.91. The van der Waals surface area contributed by atoms with Gasteiger partial charge in [0.2, 0.25) is 11.8 Å². The van der Waals surface area contributed by atoms with Crippen molar-refractivity contribution in [2.24, 2.45) is 0 Å². The first-order chi connectivity index (χ1) is 15.7. The first-order valence-corrected chi connectivity index (χ1v) is 11.2. The second kappa shape index (κ2) is 9.29. The van der Waals surface area contributed by atoms with Crippen molar-refractivity contribution in [3.05, 3.63) is 41.9 Å². The molecule has 2 N–H and O–H groups in total. The molecule has 4 rings (SSSR count). The lowest BCUT2D eigenvalue weighted by molar-refractivity contribution is -0.124. The molecule has 10 heteroatoms. The number of carbonyl (C=O) groups is 2. The van der Waals surface area contributed by atoms with Crippen LogP contribution in [0.25, 0.3) is 0 Å². The first-order valence-electron chi connectivity index (χ1n) is 11.2. The molecule has 2 saturated heterocycles. The zero-order valence-electron chi connectivity index (χ0n) is 19.3. The molecular weight excluding hydrogens is 420 g/mol. The molecule has 2 bridgehead atoms. The number of hydrogen-bond acceptors (Lipinski definition) is 7. The molecule has 174 valence electrons. The van der Waals surface area contributed by atoms with Crippen molar-refractivity contribution in [3.63, 3.8) is 0 Å². The maximum Gasteiger partial charge on any atom is 0.239 e. The number of hydrogen-bond donors (Lipinski definition) is 2. The second-order valence-corrected chi connectivity index (χ2v) is 9.80. The molecule has 2 amide bonds. The average molecular weight is 451 g/mol. The summed E-state index contributed by atoms with van der Waals surface area (Å²) in [4.78, 5) is 33.5. The molecular formula is C23H30N8O2. The second-order valence-electron chi connectivity index (χ2n) is 9.80. The van der Waals surface area contributed by atoms with Gasteiger partial charge in [0.1, 0.15) is 6.07 Å². The predicted octanol–water partition coefficient (Wildman–Crippen LogP) is 0.810. The van der Waals surface area contributed by atoms with Crippen LogP contribution in [-0.4, -0.2) is 80.2 Å². The van der Waals surface area contributed by atoms with Crippen LogP contribution in [0, 0.1) is 11.3 Å². The van der Waals surface area contributed by atoms with Gasteiger partial charge in [-0.3, -0.25) is 29.1 Å². The van der Waals surface area contributed by atoms with E-state index in [1.807, 2.05) is 26.8 Å². The third-order valence-electron chi connectivity index (χ3n) is 5.86. The van der Waals surface area contributed by atoms with Crippen LogP contribution in [0.3, 0.4) is 0 Å². The van der Waals surface area contributed by atoms with Gasteiger partial charge in [-0.2, -0.15) is 10.4 Å². The Hall–Kier alpha value is -3.29. The van der Waals surface area contributed by atoms with Crippen LogP contribution >= 0.6 is 0 Å². The molecule has 2 fully saturated rings. The number of fused-ring (bicyclic) bond motifs is 2. The van der Waals surface area contributed by atoms with E-state index in [-0.39, 0.29) is 17.4 Å². The Morgan fingerprint density at radius 2 is 1.82 bits per heavy atom. The smallest absolute Gasteiger partial charge is 0.239 e. The number of nitrogens with one attached hydrogen (secondary N) is 2. The molecule has 2 aliphatic rings. The zero-order chi connectivity index (χ0) is 23.6. The Morgan fingerprint density at radius 1 is 1.12 bits per heavy atom. The summed E-state index contributed by atoms with van der Waals surface area (Å²) in [5.41, 5.74) is 1.06. The van der Waals surface area contributed by atoms with E-state index in [9.17, 15) is 9.59 Å². The van der Waals surface area contributed by atoms with Gasteiger partial charge < -0.3 is 10.6 Å². The Labute approximate surface area is 193 Å². The van der Waals surface area contributed by atoms with E-state index in [1.165, 1.54) is 6.20 Å². The summed E-state index contributed by atoms with van der Waals surface area (Å²) in [6, 6.07) is 7.92. The number of anilines is 1. The van der Waals surface area contributed by atoms with E-state index in [0.29, 0.717) is 43.1 Å². The molecule has 0 aliphatic carbocycles. The van der Waals surface area contributed by atoms with Crippen molar-refractivity contribution in [2.45, 2.75) is 51.4 Å². The largest absolute Gasteiger partial charge is 0.350 e. The van der Waals surface area contributed by atoms with Crippen molar-refractivity contribution in [2.75, 3.05) is 31.5 Å². The molecule has 2 atom stereocenters. The molecule has 33 heavy (non-hydrogen) atoms. The Bertz CT molecular complexity index is 1050. The molecule has 0 aromatic carbocycles. The van der Waals surface area contributed by atoms with Gasteiger partial charge in [0.25, 0.3) is 0 Å². The zero-order valence-corrected chi connectivity index (χ0v) is 19.3. The number of carbonyl (C=O) groups excluding carboxylic acids is 2. The lowest BCUT2D eigenvalue weighted by Crippen LogP contribution is -2.52. The van der Waals surface area contributed by atoms with Gasteiger partial charge in [-0.15, -0.1) is 0 Å². The summed E-state index contributed by atoms with van der Waals surface area (Å²) in [6.07, 6.45) is 4.31. The fourth-order valence-electron chi connectivity index (χ4n) is 4.49. The third kappa shape index (κ3) is 5.94.